The molecule has 0 aromatic carbocycles. The molecule has 15 heteroatoms. The maximum absolute atomic E-state index is 11.0. The van der Waals surface area contributed by atoms with E-state index in [1.807, 2.05) is 9.15 Å². The van der Waals surface area contributed by atoms with Gasteiger partial charge >= 0.3 is 0 Å². The fourth-order valence-corrected chi connectivity index (χ4v) is 2.68. The van der Waals surface area contributed by atoms with Gasteiger partial charge in [-0.05, 0) is 0 Å². The minimum Gasteiger partial charge on any atom is -2.00 e. The fourth-order valence-electron chi connectivity index (χ4n) is 2.68. The van der Waals surface area contributed by atoms with Gasteiger partial charge in [-0.25, -0.2) is 9.15 Å². The van der Waals surface area contributed by atoms with Crippen molar-refractivity contribution in [2.75, 3.05) is 26.2 Å². The summed E-state index contributed by atoms with van der Waals surface area (Å²) in [7, 11) is 0. The molecule has 0 bridgehead atoms. The zero-order valence-electron chi connectivity index (χ0n) is 18.2. The maximum Gasteiger partial charge on any atom is 0.144 e. The minimum atomic E-state index is -1.75. The van der Waals surface area contributed by atoms with Crippen LogP contribution in [-0.2, 0) is 11.0 Å². The van der Waals surface area contributed by atoms with E-state index in [2.05, 4.69) is 27.7 Å². The van der Waals surface area contributed by atoms with Crippen LogP contribution in [0.2, 0.25) is 0 Å². The first kappa shape index (κ1) is 39.8. The fraction of sp³-hybridized carbons (Fsp3) is 0.875. The molecule has 0 amide bonds. The van der Waals surface area contributed by atoms with E-state index in [4.69, 9.17) is 30.6 Å². The van der Waals surface area contributed by atoms with E-state index in [1.54, 1.807) is 0 Å². The Bertz CT molecular complexity index is 501. The second-order valence-electron chi connectivity index (χ2n) is 7.12. The van der Waals surface area contributed by atoms with Crippen LogP contribution in [0.1, 0.15) is 53.4 Å². The van der Waals surface area contributed by atoms with Crippen LogP contribution in [-0.4, -0.2) is 57.3 Å². The zero-order chi connectivity index (χ0) is 22.3. The molecule has 0 unspecified atom stereocenters. The maximum atomic E-state index is 11.0. The predicted octanol–water partition coefficient (Wildman–Crippen LogP) is -0.301. The van der Waals surface area contributed by atoms with E-state index in [0.29, 0.717) is 23.6 Å². The Morgan fingerprint density at radius 2 is 0.968 bits per heavy atom. The van der Waals surface area contributed by atoms with Gasteiger partial charge in [-0.3, -0.25) is 0 Å². The summed E-state index contributed by atoms with van der Waals surface area (Å²) in [6, 6.07) is 0. The third-order valence-corrected chi connectivity index (χ3v) is 3.51. The van der Waals surface area contributed by atoms with Gasteiger partial charge in [0.1, 0.15) is 38.0 Å². The van der Waals surface area contributed by atoms with Crippen molar-refractivity contribution in [3.05, 3.63) is 30.6 Å². The van der Waals surface area contributed by atoms with E-state index in [9.17, 15) is 10.2 Å². The first-order valence-corrected chi connectivity index (χ1v) is 9.05. The van der Waals surface area contributed by atoms with Crippen molar-refractivity contribution in [2.24, 2.45) is 11.8 Å². The second-order valence-corrected chi connectivity index (χ2v) is 7.12. The zero-order valence-corrected chi connectivity index (χ0v) is 22.3. The molecule has 2 heterocycles. The molecule has 0 N–H and O–H groups in total. The van der Waals surface area contributed by atoms with Crippen LogP contribution < -0.4 is 10.2 Å². The summed E-state index contributed by atoms with van der Waals surface area (Å²) < 4.78 is 3.93. The van der Waals surface area contributed by atoms with Gasteiger partial charge in [0, 0.05) is 68.6 Å². The molecule has 0 spiro atoms. The second kappa shape index (κ2) is 23.0. The van der Waals surface area contributed by atoms with Crippen molar-refractivity contribution in [3.63, 3.8) is 0 Å². The number of rotatable bonds is 4. The Hall–Kier alpha value is -1.69. The van der Waals surface area contributed by atoms with Crippen LogP contribution in [0.3, 0.4) is 0 Å². The number of nitrogens with zero attached hydrogens (tertiary/aromatic N) is 4. The molecule has 2 rings (SSSR count). The molecule has 0 aromatic rings. The minimum absolute atomic E-state index is 0. The summed E-state index contributed by atoms with van der Waals surface area (Å²) in [5.41, 5.74) is 0. The third kappa shape index (κ3) is 28.3. The van der Waals surface area contributed by atoms with E-state index >= 15 is 0 Å². The Kier molecular flexibility index (Phi) is 29.5. The molecule has 0 aliphatic carbocycles. The van der Waals surface area contributed by atoms with Gasteiger partial charge in [0.05, 0.1) is 10.2 Å². The molecule has 0 saturated heterocycles. The molecule has 0 atom stereocenters. The topological polar surface area (TPSA) is 242 Å². The van der Waals surface area contributed by atoms with Crippen LogP contribution in [0.25, 0.3) is 0 Å². The normalized spacial score (nSPS) is 13.9. The monoisotopic (exact) mass is 676 g/mol. The average molecular weight is 676 g/mol. The molecule has 0 saturated carbocycles. The summed E-state index contributed by atoms with van der Waals surface area (Å²) >= 11 is 0. The van der Waals surface area contributed by atoms with Gasteiger partial charge in [-0.1, -0.05) is 27.7 Å². The van der Waals surface area contributed by atoms with Crippen molar-refractivity contribution >= 4 is 11.8 Å². The summed E-state index contributed by atoms with van der Waals surface area (Å²) in [6.45, 7) is 12.4. The van der Waals surface area contributed by atoms with Crippen LogP contribution in [0.15, 0.2) is 0 Å². The summed E-state index contributed by atoms with van der Waals surface area (Å²) in [5.74, 6) is 1.91. The van der Waals surface area contributed by atoms with Gasteiger partial charge in [-0.2, -0.15) is 0 Å². The van der Waals surface area contributed by atoms with E-state index < -0.39 is 10.2 Å². The van der Waals surface area contributed by atoms with Gasteiger partial charge < -0.3 is 51.8 Å². The summed E-state index contributed by atoms with van der Waals surface area (Å²) in [6.07, 6.45) is 3.66. The molecule has 0 radical (unpaired) electrons. The Morgan fingerprint density at radius 1 is 0.742 bits per heavy atom. The van der Waals surface area contributed by atoms with Gasteiger partial charge in [0.25, 0.3) is 0 Å². The Labute approximate surface area is 205 Å². The summed E-state index contributed by atoms with van der Waals surface area (Å²) in [4.78, 5) is 16.5. The van der Waals surface area contributed by atoms with Crippen LogP contribution in [0, 0.1) is 73.6 Å². The quantitative estimate of drug-likeness (QED) is 0.217. The molecular formula is C16H30N4O10U-6. The summed E-state index contributed by atoms with van der Waals surface area (Å²) in [5, 5.41) is 51.6. The average Bonchev–Trinajstić information content (AvgIpc) is 3.07. The molecule has 0 aromatic heterocycles. The van der Waals surface area contributed by atoms with Crippen molar-refractivity contribution in [1.29, 1.82) is 0 Å². The standard InChI is InChI=1S/2C8H15NO.2NO3.2O.U/c2*1-7(2)6-9-5-3-4-8(9)10;2*2-1(3)4;;;/h2*7H,3-6H2,1-2H3;;;;;/q;;2*-1;2*-2;. The van der Waals surface area contributed by atoms with Gasteiger partial charge in [0.15, 0.2) is 0 Å². The number of hydrogen-bond donors (Lipinski definition) is 0. The van der Waals surface area contributed by atoms with Gasteiger partial charge in [-0.15, -0.1) is 0 Å². The molecule has 0 fully saturated rings. The molecule has 2 aliphatic heterocycles. The van der Waals surface area contributed by atoms with Crippen molar-refractivity contribution in [1.82, 2.24) is 0 Å². The van der Waals surface area contributed by atoms with E-state index in [0.717, 1.165) is 51.9 Å². The Morgan fingerprint density at radius 3 is 1.10 bits per heavy atom. The molecule has 2 aliphatic rings. The van der Waals surface area contributed by atoms with Crippen LogP contribution in [0.4, 0.5) is 0 Å². The molecule has 184 valence electrons. The molecule has 14 nitrogen and oxygen atoms in total. The van der Waals surface area contributed by atoms with Crippen molar-refractivity contribution in [3.8, 4) is 0 Å². The first-order valence-electron chi connectivity index (χ1n) is 9.05. The number of hydrogen-bond acceptors (Lipinski definition) is 8. The molecule has 31 heavy (non-hydrogen) atoms. The van der Waals surface area contributed by atoms with E-state index in [-0.39, 0.29) is 42.1 Å². The largest absolute Gasteiger partial charge is 2.00 e. The SMILES string of the molecule is CC(C)C[N+]1=C([O-])CCC1.CC(C)C[N+]1=C([O-])CCC1.O=[N+]([O-])[O-].O=[N+]([O-])[O-].[O-2].[O-2].[U]. The Balaban J connectivity index is -0.000000102. The van der Waals surface area contributed by atoms with E-state index in [1.165, 1.54) is 0 Å². The van der Waals surface area contributed by atoms with Crippen molar-refractivity contribution < 1.29 is 71.6 Å². The van der Waals surface area contributed by atoms with Gasteiger partial charge in [0.2, 0.25) is 0 Å². The first-order chi connectivity index (χ1) is 12.9. The third-order valence-electron chi connectivity index (χ3n) is 3.51. The smallest absolute Gasteiger partial charge is 0.144 e. The van der Waals surface area contributed by atoms with Crippen LogP contribution >= 0.6 is 0 Å². The van der Waals surface area contributed by atoms with Crippen molar-refractivity contribution in [2.45, 2.75) is 53.4 Å². The predicted molar refractivity (Wildman–Crippen MR) is 100 cm³/mol. The van der Waals surface area contributed by atoms with Crippen LogP contribution in [0.5, 0.6) is 0 Å². The molecular weight excluding hydrogens is 646 g/mol.